The molecule has 2 aromatic heterocycles. The van der Waals surface area contributed by atoms with Gasteiger partial charge in [0.05, 0.1) is 33.2 Å². The third-order valence-electron chi connectivity index (χ3n) is 4.34. The third-order valence-corrected chi connectivity index (χ3v) is 6.15. The molecule has 8 heteroatoms. The van der Waals surface area contributed by atoms with Crippen LogP contribution in [0.25, 0.3) is 22.4 Å². The lowest BCUT2D eigenvalue weighted by atomic mass is 10.1. The molecule has 1 aromatic carbocycles. The van der Waals surface area contributed by atoms with Gasteiger partial charge in [0.15, 0.2) is 0 Å². The van der Waals surface area contributed by atoms with Crippen LogP contribution in [0.3, 0.4) is 0 Å². The Bertz CT molecular complexity index is 1060. The topological polar surface area (TPSA) is 73.0 Å². The van der Waals surface area contributed by atoms with Crippen LogP contribution in [0.5, 0.6) is 0 Å². The molecule has 26 heavy (non-hydrogen) atoms. The Hall–Kier alpha value is -2.19. The standard InChI is InChI=1S/C18H25N5O2S/c1-7-22-16-9-8-14(26(24,25)21(5)6)10-15(16)20-17(22)13-11-19-23(12-13)18(2,3)4/h8-12H,7H2,1-6H3. The minimum atomic E-state index is -3.49. The van der Waals surface area contributed by atoms with E-state index < -0.39 is 10.0 Å². The first kappa shape index (κ1) is 18.6. The van der Waals surface area contributed by atoms with Crippen molar-refractivity contribution in [3.8, 4) is 11.4 Å². The van der Waals surface area contributed by atoms with Crippen LogP contribution in [0, 0.1) is 0 Å². The van der Waals surface area contributed by atoms with Crippen molar-refractivity contribution >= 4 is 21.1 Å². The van der Waals surface area contributed by atoms with Gasteiger partial charge in [-0.1, -0.05) is 0 Å². The molecule has 3 rings (SSSR count). The fourth-order valence-corrected chi connectivity index (χ4v) is 3.75. The summed E-state index contributed by atoms with van der Waals surface area (Å²) < 4.78 is 30.0. The Kier molecular flexibility index (Phi) is 4.44. The number of benzene rings is 1. The summed E-state index contributed by atoms with van der Waals surface area (Å²) in [6, 6.07) is 5.09. The number of aromatic nitrogens is 4. The predicted molar refractivity (Wildman–Crippen MR) is 102 cm³/mol. The minimum Gasteiger partial charge on any atom is -0.324 e. The summed E-state index contributed by atoms with van der Waals surface area (Å²) in [6.07, 6.45) is 3.78. The molecule has 3 aromatic rings. The zero-order valence-electron chi connectivity index (χ0n) is 16.1. The van der Waals surface area contributed by atoms with Crippen LogP contribution in [0.2, 0.25) is 0 Å². The van der Waals surface area contributed by atoms with Crippen molar-refractivity contribution < 1.29 is 8.42 Å². The molecule has 0 bridgehead atoms. The molecule has 7 nitrogen and oxygen atoms in total. The van der Waals surface area contributed by atoms with E-state index in [-0.39, 0.29) is 10.4 Å². The number of sulfonamides is 1. The molecule has 2 heterocycles. The summed E-state index contributed by atoms with van der Waals surface area (Å²) in [5, 5.41) is 4.45. The van der Waals surface area contributed by atoms with Crippen molar-refractivity contribution in [1.29, 1.82) is 0 Å². The molecule has 0 N–H and O–H groups in total. The summed E-state index contributed by atoms with van der Waals surface area (Å²) in [5.41, 5.74) is 2.36. The van der Waals surface area contributed by atoms with Gasteiger partial charge in [0.1, 0.15) is 5.82 Å². The Morgan fingerprint density at radius 2 is 1.88 bits per heavy atom. The van der Waals surface area contributed by atoms with Gasteiger partial charge in [-0.25, -0.2) is 17.7 Å². The lowest BCUT2D eigenvalue weighted by Gasteiger charge is -2.18. The summed E-state index contributed by atoms with van der Waals surface area (Å²) in [7, 11) is -0.442. The fourth-order valence-electron chi connectivity index (χ4n) is 2.83. The molecule has 0 atom stereocenters. The molecule has 0 radical (unpaired) electrons. The van der Waals surface area contributed by atoms with Gasteiger partial charge in [-0.15, -0.1) is 0 Å². The monoisotopic (exact) mass is 375 g/mol. The highest BCUT2D eigenvalue weighted by molar-refractivity contribution is 7.89. The second-order valence-electron chi connectivity index (χ2n) is 7.46. The van der Waals surface area contributed by atoms with E-state index in [9.17, 15) is 8.42 Å². The average molecular weight is 375 g/mol. The number of aryl methyl sites for hydroxylation is 1. The summed E-state index contributed by atoms with van der Waals surface area (Å²) in [6.45, 7) is 9.04. The van der Waals surface area contributed by atoms with E-state index in [1.54, 1.807) is 18.3 Å². The van der Waals surface area contributed by atoms with Crippen molar-refractivity contribution in [2.24, 2.45) is 0 Å². The number of nitrogens with zero attached hydrogens (tertiary/aromatic N) is 5. The maximum absolute atomic E-state index is 12.4. The van der Waals surface area contributed by atoms with Crippen LogP contribution in [0.15, 0.2) is 35.5 Å². The number of rotatable bonds is 4. The zero-order valence-corrected chi connectivity index (χ0v) is 16.9. The van der Waals surface area contributed by atoms with Crippen LogP contribution in [-0.4, -0.2) is 46.1 Å². The number of imidazole rings is 1. The first-order valence-electron chi connectivity index (χ1n) is 8.54. The van der Waals surface area contributed by atoms with Gasteiger partial charge in [0, 0.05) is 26.8 Å². The maximum Gasteiger partial charge on any atom is 0.242 e. The Morgan fingerprint density at radius 1 is 1.19 bits per heavy atom. The number of hydrogen-bond donors (Lipinski definition) is 0. The van der Waals surface area contributed by atoms with E-state index in [1.165, 1.54) is 18.4 Å². The predicted octanol–water partition coefficient (Wildman–Crippen LogP) is 2.93. The summed E-state index contributed by atoms with van der Waals surface area (Å²) in [5.74, 6) is 0.789. The molecular formula is C18H25N5O2S. The highest BCUT2D eigenvalue weighted by atomic mass is 32.2. The molecule has 0 unspecified atom stereocenters. The molecule has 140 valence electrons. The largest absolute Gasteiger partial charge is 0.324 e. The van der Waals surface area contributed by atoms with Gasteiger partial charge in [0.2, 0.25) is 10.0 Å². The lowest BCUT2D eigenvalue weighted by molar-refractivity contribution is 0.355. The Balaban J connectivity index is 2.17. The second-order valence-corrected chi connectivity index (χ2v) is 9.61. The molecule has 0 aliphatic heterocycles. The van der Waals surface area contributed by atoms with E-state index in [0.29, 0.717) is 5.52 Å². The molecule has 0 fully saturated rings. The highest BCUT2D eigenvalue weighted by Crippen LogP contribution is 2.28. The quantitative estimate of drug-likeness (QED) is 0.703. The van der Waals surface area contributed by atoms with Crippen LogP contribution < -0.4 is 0 Å². The van der Waals surface area contributed by atoms with Crippen LogP contribution in [0.4, 0.5) is 0 Å². The summed E-state index contributed by atoms with van der Waals surface area (Å²) in [4.78, 5) is 4.95. The van der Waals surface area contributed by atoms with Crippen molar-refractivity contribution in [2.45, 2.75) is 44.7 Å². The van der Waals surface area contributed by atoms with Crippen LogP contribution in [-0.2, 0) is 22.1 Å². The van der Waals surface area contributed by atoms with Gasteiger partial charge in [0.25, 0.3) is 0 Å². The maximum atomic E-state index is 12.4. The molecule has 0 spiro atoms. The lowest BCUT2D eigenvalue weighted by Crippen LogP contribution is -2.22. The first-order chi connectivity index (χ1) is 12.1. The van der Waals surface area contributed by atoms with E-state index in [4.69, 9.17) is 4.98 Å². The molecule has 0 aliphatic rings. The fraction of sp³-hybridized carbons (Fsp3) is 0.444. The number of hydrogen-bond acceptors (Lipinski definition) is 4. The van der Waals surface area contributed by atoms with Crippen molar-refractivity contribution in [3.05, 3.63) is 30.6 Å². The highest BCUT2D eigenvalue weighted by Gasteiger charge is 2.21. The Morgan fingerprint density at radius 3 is 2.42 bits per heavy atom. The average Bonchev–Trinajstić information content (AvgIpc) is 3.17. The second kappa shape index (κ2) is 6.21. The first-order valence-corrected chi connectivity index (χ1v) is 9.98. The normalized spacial score (nSPS) is 13.0. The Labute approximate surface area is 154 Å². The van der Waals surface area contributed by atoms with Crippen LogP contribution in [0.1, 0.15) is 27.7 Å². The zero-order chi connectivity index (χ0) is 19.3. The smallest absolute Gasteiger partial charge is 0.242 e. The third kappa shape index (κ3) is 3.03. The molecule has 0 amide bonds. The van der Waals surface area contributed by atoms with Gasteiger partial charge in [-0.3, -0.25) is 4.68 Å². The van der Waals surface area contributed by atoms with E-state index >= 15 is 0 Å². The van der Waals surface area contributed by atoms with Crippen molar-refractivity contribution in [1.82, 2.24) is 23.6 Å². The van der Waals surface area contributed by atoms with Gasteiger partial charge < -0.3 is 4.57 Å². The number of fused-ring (bicyclic) bond motifs is 1. The van der Waals surface area contributed by atoms with E-state index in [0.717, 1.165) is 23.4 Å². The molecule has 0 saturated heterocycles. The molecule has 0 aliphatic carbocycles. The van der Waals surface area contributed by atoms with E-state index in [2.05, 4.69) is 30.4 Å². The van der Waals surface area contributed by atoms with Crippen LogP contribution >= 0.6 is 0 Å². The summed E-state index contributed by atoms with van der Waals surface area (Å²) >= 11 is 0. The van der Waals surface area contributed by atoms with Gasteiger partial charge in [-0.2, -0.15) is 5.10 Å². The van der Waals surface area contributed by atoms with Gasteiger partial charge >= 0.3 is 0 Å². The molecular weight excluding hydrogens is 350 g/mol. The van der Waals surface area contributed by atoms with Crippen molar-refractivity contribution in [3.63, 3.8) is 0 Å². The minimum absolute atomic E-state index is 0.117. The molecule has 0 saturated carbocycles. The van der Waals surface area contributed by atoms with Gasteiger partial charge in [-0.05, 0) is 45.9 Å². The van der Waals surface area contributed by atoms with E-state index in [1.807, 2.05) is 23.9 Å². The SMILES string of the molecule is CCn1c(-c2cnn(C(C)(C)C)c2)nc2cc(S(=O)(=O)N(C)C)ccc21. The van der Waals surface area contributed by atoms with Crippen molar-refractivity contribution in [2.75, 3.05) is 14.1 Å².